The van der Waals surface area contributed by atoms with Gasteiger partial charge in [-0.25, -0.2) is 0 Å². The number of hydrogen-bond donors (Lipinski definition) is 2. The van der Waals surface area contributed by atoms with Crippen LogP contribution in [0.1, 0.15) is 57.0 Å². The van der Waals surface area contributed by atoms with Crippen LogP contribution in [0.25, 0.3) is 0 Å². The van der Waals surface area contributed by atoms with Gasteiger partial charge in [0.2, 0.25) is 0 Å². The lowest BCUT2D eigenvalue weighted by molar-refractivity contribution is 0.0976. The summed E-state index contributed by atoms with van der Waals surface area (Å²) < 4.78 is 0. The average Bonchev–Trinajstić information content (AvgIpc) is 2.53. The quantitative estimate of drug-likeness (QED) is 0.555. The molecule has 0 aliphatic rings. The molecular weight excluding hydrogens is 352 g/mol. The average molecular weight is 379 g/mol. The number of hydrogen-bond acceptors (Lipinski definition) is 2. The lowest BCUT2D eigenvalue weighted by Gasteiger charge is -2.19. The van der Waals surface area contributed by atoms with Crippen LogP contribution in [0.15, 0.2) is 47.0 Å². The van der Waals surface area contributed by atoms with Crippen LogP contribution < -0.4 is 10.6 Å². The molecule has 0 fully saturated rings. The van der Waals surface area contributed by atoms with E-state index in [1.165, 1.54) is 5.56 Å². The van der Waals surface area contributed by atoms with Crippen LogP contribution in [0, 0.1) is 0 Å². The Balaban J connectivity index is 2.54. The van der Waals surface area contributed by atoms with Gasteiger partial charge in [0, 0.05) is 17.1 Å². The zero-order chi connectivity index (χ0) is 19.0. The van der Waals surface area contributed by atoms with Crippen molar-refractivity contribution in [1.82, 2.24) is 10.6 Å². The first kappa shape index (κ1) is 21.4. The molecule has 3 nitrogen and oxygen atoms in total. The van der Waals surface area contributed by atoms with E-state index in [0.29, 0.717) is 17.2 Å². The summed E-state index contributed by atoms with van der Waals surface area (Å²) in [5, 5.41) is 6.81. The predicted octanol–water partition coefficient (Wildman–Crippen LogP) is 5.07. The van der Waals surface area contributed by atoms with Gasteiger partial charge in [-0.15, -0.1) is 0 Å². The molecule has 0 aliphatic heterocycles. The third kappa shape index (κ3) is 7.41. The van der Waals surface area contributed by atoms with E-state index in [1.807, 2.05) is 50.3 Å². The van der Waals surface area contributed by atoms with E-state index < -0.39 is 0 Å². The van der Waals surface area contributed by atoms with Crippen molar-refractivity contribution in [1.29, 1.82) is 0 Å². The number of carbonyl (C=O) groups excluding carboxylic acids is 1. The number of thiocarbonyl (C=S) groups is 1. The van der Waals surface area contributed by atoms with Gasteiger partial charge >= 0.3 is 0 Å². The Morgan fingerprint density at radius 1 is 1.24 bits per heavy atom. The second-order valence-electron chi connectivity index (χ2n) is 6.85. The van der Waals surface area contributed by atoms with Gasteiger partial charge in [0.25, 0.3) is 5.91 Å². The molecule has 0 saturated carbocycles. The molecule has 1 aromatic rings. The molecule has 1 aromatic carbocycles. The summed E-state index contributed by atoms with van der Waals surface area (Å²) in [4.78, 5) is 12.2. The first-order chi connectivity index (χ1) is 11.6. The zero-order valence-electron chi connectivity index (χ0n) is 15.6. The molecular formula is C20H27ClN2OS. The van der Waals surface area contributed by atoms with Crippen molar-refractivity contribution in [2.24, 2.45) is 0 Å². The number of nitrogens with one attached hydrogen (secondary N) is 2. The highest BCUT2D eigenvalue weighted by molar-refractivity contribution is 7.80. The van der Waals surface area contributed by atoms with Crippen molar-refractivity contribution in [2.75, 3.05) is 6.54 Å². The Bertz CT molecular complexity index is 666. The van der Waals surface area contributed by atoms with E-state index in [2.05, 4.69) is 31.4 Å². The molecule has 0 unspecified atom stereocenters. The molecule has 1 amide bonds. The topological polar surface area (TPSA) is 41.1 Å². The molecule has 0 atom stereocenters. The summed E-state index contributed by atoms with van der Waals surface area (Å²) in [5.74, 6) is -0.212. The molecule has 136 valence electrons. The molecule has 0 spiro atoms. The highest BCUT2D eigenvalue weighted by Gasteiger charge is 2.14. The fourth-order valence-corrected chi connectivity index (χ4v) is 2.58. The van der Waals surface area contributed by atoms with Crippen LogP contribution in [-0.2, 0) is 5.41 Å². The fourth-order valence-electron chi connectivity index (χ4n) is 2.22. The van der Waals surface area contributed by atoms with Crippen molar-refractivity contribution in [3.8, 4) is 0 Å². The molecule has 1 rings (SSSR count). The molecule has 0 radical (unpaired) electrons. The van der Waals surface area contributed by atoms with Gasteiger partial charge in [-0.3, -0.25) is 10.1 Å². The van der Waals surface area contributed by atoms with E-state index in [-0.39, 0.29) is 11.3 Å². The van der Waals surface area contributed by atoms with E-state index in [0.717, 1.165) is 17.0 Å². The third-order valence-corrected chi connectivity index (χ3v) is 4.22. The number of benzene rings is 1. The predicted molar refractivity (Wildman–Crippen MR) is 111 cm³/mol. The number of halogens is 1. The molecule has 0 aliphatic carbocycles. The van der Waals surface area contributed by atoms with Crippen molar-refractivity contribution < 1.29 is 4.79 Å². The van der Waals surface area contributed by atoms with Crippen molar-refractivity contribution >= 4 is 34.8 Å². The Morgan fingerprint density at radius 2 is 1.84 bits per heavy atom. The van der Waals surface area contributed by atoms with E-state index in [4.69, 9.17) is 23.8 Å². The Morgan fingerprint density at radius 3 is 2.32 bits per heavy atom. The number of amides is 1. The second kappa shape index (κ2) is 9.73. The molecule has 25 heavy (non-hydrogen) atoms. The maximum atomic E-state index is 12.2. The summed E-state index contributed by atoms with van der Waals surface area (Å²) in [6, 6.07) is 7.59. The van der Waals surface area contributed by atoms with E-state index >= 15 is 0 Å². The van der Waals surface area contributed by atoms with Crippen LogP contribution in [0.4, 0.5) is 0 Å². The SMILES string of the molecule is C/C=C\C(CCNC(=S)NC(=O)c1ccc(C(C)(C)C)cc1)=C(/C)Cl. The van der Waals surface area contributed by atoms with Gasteiger partial charge in [0.05, 0.1) is 0 Å². The maximum absolute atomic E-state index is 12.2. The van der Waals surface area contributed by atoms with Gasteiger partial charge < -0.3 is 5.32 Å². The van der Waals surface area contributed by atoms with Gasteiger partial charge in [-0.2, -0.15) is 0 Å². The molecule has 0 heterocycles. The lowest BCUT2D eigenvalue weighted by atomic mass is 9.87. The van der Waals surface area contributed by atoms with E-state index in [1.54, 1.807) is 0 Å². The Kier molecular flexibility index (Phi) is 8.33. The highest BCUT2D eigenvalue weighted by atomic mass is 35.5. The minimum Gasteiger partial charge on any atom is -0.362 e. The lowest BCUT2D eigenvalue weighted by Crippen LogP contribution is -2.39. The smallest absolute Gasteiger partial charge is 0.257 e. The van der Waals surface area contributed by atoms with Crippen LogP contribution in [0.3, 0.4) is 0 Å². The van der Waals surface area contributed by atoms with Crippen LogP contribution in [0.2, 0.25) is 0 Å². The van der Waals surface area contributed by atoms with Crippen LogP contribution in [-0.4, -0.2) is 17.6 Å². The summed E-state index contributed by atoms with van der Waals surface area (Å²) in [6.45, 7) is 10.8. The molecule has 2 N–H and O–H groups in total. The normalized spacial score (nSPS) is 12.7. The van der Waals surface area contributed by atoms with Gasteiger partial charge in [-0.1, -0.05) is 56.7 Å². The van der Waals surface area contributed by atoms with Crippen LogP contribution in [0.5, 0.6) is 0 Å². The fraction of sp³-hybridized carbons (Fsp3) is 0.400. The molecule has 0 saturated heterocycles. The first-order valence-corrected chi connectivity index (χ1v) is 9.11. The number of rotatable bonds is 5. The maximum Gasteiger partial charge on any atom is 0.257 e. The minimum absolute atomic E-state index is 0.0601. The number of allylic oxidation sites excluding steroid dienone is 3. The van der Waals surface area contributed by atoms with Crippen molar-refractivity contribution in [3.05, 3.63) is 58.1 Å². The Labute approximate surface area is 161 Å². The molecule has 0 aromatic heterocycles. The first-order valence-electron chi connectivity index (χ1n) is 8.33. The Hall–Kier alpha value is -1.65. The van der Waals surface area contributed by atoms with Gasteiger partial charge in [0.1, 0.15) is 0 Å². The minimum atomic E-state index is -0.212. The second-order valence-corrected chi connectivity index (χ2v) is 7.82. The molecule has 5 heteroatoms. The summed E-state index contributed by atoms with van der Waals surface area (Å²) >= 11 is 11.2. The zero-order valence-corrected chi connectivity index (χ0v) is 17.1. The van der Waals surface area contributed by atoms with Gasteiger partial charge in [0.15, 0.2) is 5.11 Å². The van der Waals surface area contributed by atoms with Crippen molar-refractivity contribution in [2.45, 2.75) is 46.5 Å². The summed E-state index contributed by atoms with van der Waals surface area (Å²) in [7, 11) is 0. The standard InChI is InChI=1S/C20H27ClN2OS/c1-6-7-15(14(2)21)12-13-22-19(25)23-18(24)16-8-10-17(11-9-16)20(3,4)5/h6-11H,12-13H2,1-5H3,(H2,22,23,24,25)/b7-6-,15-14-. The number of carbonyl (C=O) groups is 1. The third-order valence-electron chi connectivity index (χ3n) is 3.73. The largest absolute Gasteiger partial charge is 0.362 e. The monoisotopic (exact) mass is 378 g/mol. The van der Waals surface area contributed by atoms with Gasteiger partial charge in [-0.05, 0) is 61.2 Å². The summed E-state index contributed by atoms with van der Waals surface area (Å²) in [6.07, 6.45) is 4.65. The molecule has 0 bridgehead atoms. The van der Waals surface area contributed by atoms with Crippen LogP contribution >= 0.6 is 23.8 Å². The summed E-state index contributed by atoms with van der Waals surface area (Å²) in [5.41, 5.74) is 2.88. The highest BCUT2D eigenvalue weighted by Crippen LogP contribution is 2.22. The van der Waals surface area contributed by atoms with Crippen molar-refractivity contribution in [3.63, 3.8) is 0 Å². The van der Waals surface area contributed by atoms with E-state index in [9.17, 15) is 4.79 Å².